The maximum atomic E-state index is 2.27. The maximum absolute atomic E-state index is 2.27. The second-order valence-corrected chi connectivity index (χ2v) is 4.48. The lowest BCUT2D eigenvalue weighted by molar-refractivity contribution is 1.14. The van der Waals surface area contributed by atoms with Gasteiger partial charge < -0.3 is 0 Å². The molecule has 1 heterocycles. The molecule has 13 heavy (non-hydrogen) atoms. The zero-order valence-electron chi connectivity index (χ0n) is 7.23. The molecule has 1 aliphatic heterocycles. The van der Waals surface area contributed by atoms with E-state index in [1.807, 2.05) is 11.8 Å². The zero-order valence-corrected chi connectivity index (χ0v) is 8.05. The van der Waals surface area contributed by atoms with Crippen molar-refractivity contribution >= 4 is 11.8 Å². The fourth-order valence-corrected chi connectivity index (χ4v) is 3.10. The fraction of sp³-hybridized carbons (Fsp3) is 0.167. The van der Waals surface area contributed by atoms with Crippen LogP contribution in [0.1, 0.15) is 16.4 Å². The Morgan fingerprint density at radius 1 is 1.23 bits per heavy atom. The fourth-order valence-electron chi connectivity index (χ4n) is 2.06. The number of hydrogen-bond acceptors (Lipinski definition) is 1. The largest absolute Gasteiger partial charge is 0.121 e. The van der Waals surface area contributed by atoms with Gasteiger partial charge in [-0.1, -0.05) is 36.4 Å². The molecule has 1 heteroatoms. The van der Waals surface area contributed by atoms with Gasteiger partial charge in [0.2, 0.25) is 0 Å². The smallest absolute Gasteiger partial charge is 0.0556 e. The van der Waals surface area contributed by atoms with Crippen LogP contribution in [-0.2, 0) is 6.42 Å². The molecule has 64 valence electrons. The van der Waals surface area contributed by atoms with E-state index in [2.05, 4.69) is 41.8 Å². The third-order valence-corrected chi connectivity index (χ3v) is 3.82. The van der Waals surface area contributed by atoms with Crippen molar-refractivity contribution in [1.82, 2.24) is 0 Å². The maximum Gasteiger partial charge on any atom is 0.0556 e. The van der Waals surface area contributed by atoms with Gasteiger partial charge in [0.05, 0.1) is 5.25 Å². The Bertz CT molecular complexity index is 401. The van der Waals surface area contributed by atoms with E-state index in [9.17, 15) is 0 Å². The summed E-state index contributed by atoms with van der Waals surface area (Å²) in [5.74, 6) is 0. The molecule has 0 nitrogen and oxygen atoms in total. The summed E-state index contributed by atoms with van der Waals surface area (Å²) in [6.45, 7) is 0. The quantitative estimate of drug-likeness (QED) is 0.598. The summed E-state index contributed by atoms with van der Waals surface area (Å²) in [6.07, 6.45) is 5.57. The zero-order chi connectivity index (χ0) is 8.67. The number of rotatable bonds is 0. The summed E-state index contributed by atoms with van der Waals surface area (Å²) < 4.78 is 0. The van der Waals surface area contributed by atoms with Crippen molar-refractivity contribution in [2.45, 2.75) is 11.7 Å². The van der Waals surface area contributed by atoms with Gasteiger partial charge >= 0.3 is 0 Å². The first-order valence-corrected chi connectivity index (χ1v) is 5.48. The molecule has 0 N–H and O–H groups in total. The molecule has 1 aromatic rings. The van der Waals surface area contributed by atoms with E-state index < -0.39 is 0 Å². The van der Waals surface area contributed by atoms with Crippen LogP contribution in [0.4, 0.5) is 0 Å². The molecule has 0 saturated heterocycles. The lowest BCUT2D eigenvalue weighted by Gasteiger charge is -2.12. The van der Waals surface area contributed by atoms with E-state index in [4.69, 9.17) is 0 Å². The first-order valence-electron chi connectivity index (χ1n) is 4.54. The van der Waals surface area contributed by atoms with Gasteiger partial charge in [0.15, 0.2) is 0 Å². The molecule has 0 bridgehead atoms. The standard InChI is InChI=1S/C12H10S/c1-2-6-11-9(4-1)8-10-5-3-7-13-12(10)11/h1-7,12H,8H2. The van der Waals surface area contributed by atoms with Gasteiger partial charge in [0, 0.05) is 0 Å². The van der Waals surface area contributed by atoms with Crippen molar-refractivity contribution < 1.29 is 0 Å². The molecule has 0 fully saturated rings. The molecule has 0 aromatic heterocycles. The minimum absolute atomic E-state index is 0.612. The number of allylic oxidation sites excluding steroid dienone is 2. The van der Waals surface area contributed by atoms with Gasteiger partial charge in [-0.2, -0.15) is 0 Å². The van der Waals surface area contributed by atoms with Crippen LogP contribution in [0.5, 0.6) is 0 Å². The Hall–Kier alpha value is -0.950. The van der Waals surface area contributed by atoms with Gasteiger partial charge in [0.25, 0.3) is 0 Å². The lowest BCUT2D eigenvalue weighted by atomic mass is 10.1. The van der Waals surface area contributed by atoms with E-state index in [0.717, 1.165) is 6.42 Å². The van der Waals surface area contributed by atoms with E-state index >= 15 is 0 Å². The van der Waals surface area contributed by atoms with Crippen LogP contribution in [0.25, 0.3) is 0 Å². The second kappa shape index (κ2) is 2.78. The average Bonchev–Trinajstić information content (AvgIpc) is 2.56. The Morgan fingerprint density at radius 2 is 2.15 bits per heavy atom. The van der Waals surface area contributed by atoms with Gasteiger partial charge in [-0.25, -0.2) is 0 Å². The summed E-state index contributed by atoms with van der Waals surface area (Å²) in [5.41, 5.74) is 4.59. The lowest BCUT2D eigenvalue weighted by Crippen LogP contribution is -1.91. The monoisotopic (exact) mass is 186 g/mol. The van der Waals surface area contributed by atoms with Gasteiger partial charge in [-0.15, -0.1) is 11.8 Å². The van der Waals surface area contributed by atoms with Crippen molar-refractivity contribution in [3.63, 3.8) is 0 Å². The molecule has 0 amide bonds. The minimum atomic E-state index is 0.612. The van der Waals surface area contributed by atoms with Crippen molar-refractivity contribution in [3.8, 4) is 0 Å². The molecule has 3 rings (SSSR count). The third-order valence-electron chi connectivity index (χ3n) is 2.67. The van der Waals surface area contributed by atoms with E-state index in [1.54, 1.807) is 5.57 Å². The topological polar surface area (TPSA) is 0 Å². The summed E-state index contributed by atoms with van der Waals surface area (Å²) in [6, 6.07) is 8.78. The van der Waals surface area contributed by atoms with Gasteiger partial charge in [-0.05, 0) is 28.5 Å². The van der Waals surface area contributed by atoms with Crippen molar-refractivity contribution in [2.75, 3.05) is 0 Å². The summed E-state index contributed by atoms with van der Waals surface area (Å²) in [7, 11) is 0. The predicted molar refractivity (Wildman–Crippen MR) is 57.7 cm³/mol. The predicted octanol–water partition coefficient (Wildman–Crippen LogP) is 3.47. The van der Waals surface area contributed by atoms with Crippen LogP contribution >= 0.6 is 11.8 Å². The molecular formula is C12H10S. The molecule has 1 unspecified atom stereocenters. The molecule has 1 atom stereocenters. The third kappa shape index (κ3) is 1.07. The Morgan fingerprint density at radius 3 is 3.15 bits per heavy atom. The summed E-state index contributed by atoms with van der Waals surface area (Å²) >= 11 is 1.93. The first-order chi connectivity index (χ1) is 6.45. The average molecular weight is 186 g/mol. The second-order valence-electron chi connectivity index (χ2n) is 3.46. The normalized spacial score (nSPS) is 23.7. The molecular weight excluding hydrogens is 176 g/mol. The van der Waals surface area contributed by atoms with Crippen LogP contribution in [0.15, 0.2) is 47.4 Å². The van der Waals surface area contributed by atoms with Crippen LogP contribution in [0.2, 0.25) is 0 Å². The molecule has 2 aliphatic rings. The van der Waals surface area contributed by atoms with Crippen molar-refractivity contribution in [2.24, 2.45) is 0 Å². The highest BCUT2D eigenvalue weighted by Gasteiger charge is 2.27. The van der Waals surface area contributed by atoms with Crippen LogP contribution in [0.3, 0.4) is 0 Å². The van der Waals surface area contributed by atoms with E-state index in [0.29, 0.717) is 5.25 Å². The number of fused-ring (bicyclic) bond motifs is 3. The highest BCUT2D eigenvalue weighted by Crippen LogP contribution is 2.46. The highest BCUT2D eigenvalue weighted by molar-refractivity contribution is 8.02. The molecule has 0 radical (unpaired) electrons. The molecule has 0 saturated carbocycles. The number of benzene rings is 1. The Kier molecular flexibility index (Phi) is 1.59. The Labute approximate surface area is 82.4 Å². The van der Waals surface area contributed by atoms with Crippen molar-refractivity contribution in [3.05, 3.63) is 58.5 Å². The van der Waals surface area contributed by atoms with Crippen molar-refractivity contribution in [1.29, 1.82) is 0 Å². The SMILES string of the molecule is C1=CSC2C(=C1)Cc1ccccc12. The summed E-state index contributed by atoms with van der Waals surface area (Å²) in [5, 5.41) is 2.80. The summed E-state index contributed by atoms with van der Waals surface area (Å²) in [4.78, 5) is 0. The number of hydrogen-bond donors (Lipinski definition) is 0. The molecule has 0 spiro atoms. The van der Waals surface area contributed by atoms with Crippen LogP contribution < -0.4 is 0 Å². The van der Waals surface area contributed by atoms with Gasteiger partial charge in [-0.3, -0.25) is 0 Å². The van der Waals surface area contributed by atoms with Crippen LogP contribution in [-0.4, -0.2) is 0 Å². The van der Waals surface area contributed by atoms with Gasteiger partial charge in [0.1, 0.15) is 0 Å². The number of thioether (sulfide) groups is 1. The van der Waals surface area contributed by atoms with Crippen LogP contribution in [0, 0.1) is 0 Å². The molecule has 1 aromatic carbocycles. The van der Waals surface area contributed by atoms with E-state index in [1.165, 1.54) is 11.1 Å². The first kappa shape index (κ1) is 7.45. The highest BCUT2D eigenvalue weighted by atomic mass is 32.2. The molecule has 1 aliphatic carbocycles. The minimum Gasteiger partial charge on any atom is -0.121 e. The Balaban J connectivity index is 2.14. The van der Waals surface area contributed by atoms with E-state index in [-0.39, 0.29) is 0 Å².